The lowest BCUT2D eigenvalue weighted by atomic mass is 10.3. The smallest absolute Gasteiger partial charge is 0.243 e. The van der Waals surface area contributed by atoms with Crippen LogP contribution in [0.2, 0.25) is 0 Å². The second-order valence-corrected chi connectivity index (χ2v) is 8.02. The molecule has 4 rings (SSSR count). The van der Waals surface area contributed by atoms with E-state index in [-0.39, 0.29) is 11.4 Å². The topological polar surface area (TPSA) is 101 Å². The maximum absolute atomic E-state index is 12.6. The number of sulfonamides is 1. The zero-order chi connectivity index (χ0) is 17.3. The first-order valence-corrected chi connectivity index (χ1v) is 10.1. The van der Waals surface area contributed by atoms with Crippen molar-refractivity contribution in [1.82, 2.24) is 23.4 Å². The van der Waals surface area contributed by atoms with E-state index < -0.39 is 10.0 Å². The maximum Gasteiger partial charge on any atom is 0.243 e. The number of anilines is 1. The lowest BCUT2D eigenvalue weighted by Gasteiger charge is -2.15. The molecule has 130 valence electrons. The third kappa shape index (κ3) is 3.32. The van der Waals surface area contributed by atoms with Crippen LogP contribution in [0.5, 0.6) is 0 Å². The van der Waals surface area contributed by atoms with Crippen LogP contribution in [0, 0.1) is 0 Å². The fraction of sp³-hybridized carbons (Fsp3) is 0.333. The van der Waals surface area contributed by atoms with Gasteiger partial charge in [-0.25, -0.2) is 23.1 Å². The summed E-state index contributed by atoms with van der Waals surface area (Å²) in [6, 6.07) is 6.65. The summed E-state index contributed by atoms with van der Waals surface area (Å²) in [7, 11) is -3.71. The Morgan fingerprint density at radius 2 is 2.00 bits per heavy atom. The molecule has 1 saturated heterocycles. The molecule has 1 N–H and O–H groups in total. The zero-order valence-corrected chi connectivity index (χ0v) is 14.9. The number of rotatable bonds is 5. The summed E-state index contributed by atoms with van der Waals surface area (Å²) in [6.45, 7) is 1.97. The third-order valence-electron chi connectivity index (χ3n) is 4.07. The van der Waals surface area contributed by atoms with E-state index in [4.69, 9.17) is 0 Å². The maximum atomic E-state index is 12.6. The molecule has 8 nitrogen and oxygen atoms in total. The molecule has 0 aliphatic carbocycles. The van der Waals surface area contributed by atoms with Gasteiger partial charge in [0.05, 0.1) is 24.0 Å². The fourth-order valence-corrected chi connectivity index (χ4v) is 4.56. The molecule has 3 aromatic rings. The van der Waals surface area contributed by atoms with Crippen molar-refractivity contribution in [2.75, 3.05) is 18.0 Å². The quantitative estimate of drug-likeness (QED) is 0.721. The molecule has 0 amide bonds. The lowest BCUT2D eigenvalue weighted by molar-refractivity contribution is 0.581. The standard InChI is InChI=1S/C15H16N6O2S2/c22-25(23,13-5-3-4-12-14(13)20-24-19-12)17-10-11-6-7-16-15(18-11)21-8-1-2-9-21/h3-7,17H,1-2,8-10H2. The molecule has 10 heteroatoms. The molecule has 1 aliphatic rings. The predicted molar refractivity (Wildman–Crippen MR) is 94.9 cm³/mol. The number of fused-ring (bicyclic) bond motifs is 1. The van der Waals surface area contributed by atoms with E-state index in [1.54, 1.807) is 24.4 Å². The Hall–Kier alpha value is -2.17. The summed E-state index contributed by atoms with van der Waals surface area (Å²) in [4.78, 5) is 11.0. The van der Waals surface area contributed by atoms with E-state index >= 15 is 0 Å². The van der Waals surface area contributed by atoms with Crippen LogP contribution < -0.4 is 9.62 Å². The Bertz CT molecular complexity index is 998. The number of hydrogen-bond acceptors (Lipinski definition) is 8. The van der Waals surface area contributed by atoms with Gasteiger partial charge in [0.2, 0.25) is 16.0 Å². The van der Waals surface area contributed by atoms with Gasteiger partial charge in [-0.1, -0.05) is 6.07 Å². The second kappa shape index (κ2) is 6.62. The summed E-state index contributed by atoms with van der Waals surface area (Å²) in [5.41, 5.74) is 1.59. The molecule has 0 unspecified atom stereocenters. The Morgan fingerprint density at radius 3 is 2.84 bits per heavy atom. The van der Waals surface area contributed by atoms with E-state index in [1.807, 2.05) is 0 Å². The number of nitrogens with zero attached hydrogens (tertiary/aromatic N) is 5. The Kier molecular flexibility index (Phi) is 4.32. The van der Waals surface area contributed by atoms with Crippen LogP contribution in [0.25, 0.3) is 11.0 Å². The minimum Gasteiger partial charge on any atom is -0.341 e. The first kappa shape index (κ1) is 16.3. The van der Waals surface area contributed by atoms with E-state index in [0.29, 0.717) is 22.7 Å². The van der Waals surface area contributed by atoms with Gasteiger partial charge in [-0.2, -0.15) is 8.75 Å². The van der Waals surface area contributed by atoms with Crippen molar-refractivity contribution in [3.8, 4) is 0 Å². The summed E-state index contributed by atoms with van der Waals surface area (Å²) in [5.74, 6) is 0.653. The Balaban J connectivity index is 1.54. The molecule has 0 spiro atoms. The van der Waals surface area contributed by atoms with Gasteiger partial charge in [0.1, 0.15) is 15.9 Å². The van der Waals surface area contributed by atoms with E-state index in [9.17, 15) is 8.42 Å². The van der Waals surface area contributed by atoms with Crippen molar-refractivity contribution in [2.45, 2.75) is 24.3 Å². The van der Waals surface area contributed by atoms with Crippen LogP contribution in [0.3, 0.4) is 0 Å². The minimum absolute atomic E-state index is 0.0969. The highest BCUT2D eigenvalue weighted by atomic mass is 32.2. The van der Waals surface area contributed by atoms with Gasteiger partial charge in [-0.15, -0.1) is 0 Å². The van der Waals surface area contributed by atoms with E-state index in [1.165, 1.54) is 6.07 Å². The molecule has 3 heterocycles. The highest BCUT2D eigenvalue weighted by molar-refractivity contribution is 7.89. The van der Waals surface area contributed by atoms with Crippen molar-refractivity contribution in [1.29, 1.82) is 0 Å². The van der Waals surface area contributed by atoms with Gasteiger partial charge in [-0.3, -0.25) is 0 Å². The number of aromatic nitrogens is 4. The average Bonchev–Trinajstić information content (AvgIpc) is 3.31. The molecule has 0 saturated carbocycles. The van der Waals surface area contributed by atoms with Crippen LogP contribution in [-0.2, 0) is 16.6 Å². The molecular formula is C15H16N6O2S2. The zero-order valence-electron chi connectivity index (χ0n) is 13.3. The second-order valence-electron chi connectivity index (χ2n) is 5.75. The molecule has 0 radical (unpaired) electrons. The van der Waals surface area contributed by atoms with E-state index in [2.05, 4.69) is 28.3 Å². The highest BCUT2D eigenvalue weighted by Gasteiger charge is 2.20. The molecule has 0 atom stereocenters. The highest BCUT2D eigenvalue weighted by Crippen LogP contribution is 2.21. The summed E-state index contributed by atoms with van der Waals surface area (Å²) in [6.07, 6.45) is 3.92. The van der Waals surface area contributed by atoms with Crippen LogP contribution in [0.1, 0.15) is 18.5 Å². The van der Waals surface area contributed by atoms with Gasteiger partial charge in [0.15, 0.2) is 0 Å². The van der Waals surface area contributed by atoms with Crippen molar-refractivity contribution >= 4 is 38.7 Å². The SMILES string of the molecule is O=S(=O)(NCc1ccnc(N2CCCC2)n1)c1cccc2nsnc12. The van der Waals surface area contributed by atoms with Crippen LogP contribution in [0.4, 0.5) is 5.95 Å². The Labute approximate surface area is 149 Å². The molecule has 1 aromatic carbocycles. The van der Waals surface area contributed by atoms with E-state index in [0.717, 1.165) is 37.7 Å². The monoisotopic (exact) mass is 376 g/mol. The Morgan fingerprint density at radius 1 is 1.16 bits per heavy atom. The van der Waals surface area contributed by atoms with Crippen molar-refractivity contribution < 1.29 is 8.42 Å². The van der Waals surface area contributed by atoms with Gasteiger partial charge >= 0.3 is 0 Å². The first-order chi connectivity index (χ1) is 12.1. The van der Waals surface area contributed by atoms with Crippen molar-refractivity contribution in [2.24, 2.45) is 0 Å². The largest absolute Gasteiger partial charge is 0.341 e. The number of hydrogen-bond donors (Lipinski definition) is 1. The van der Waals surface area contributed by atoms with Crippen LogP contribution in [-0.4, -0.2) is 40.2 Å². The van der Waals surface area contributed by atoms with Gasteiger partial charge in [0.25, 0.3) is 0 Å². The van der Waals surface area contributed by atoms with Crippen molar-refractivity contribution in [3.05, 3.63) is 36.2 Å². The minimum atomic E-state index is -3.71. The van der Waals surface area contributed by atoms with Crippen LogP contribution in [0.15, 0.2) is 35.4 Å². The molecule has 2 aromatic heterocycles. The van der Waals surface area contributed by atoms with Crippen LogP contribution >= 0.6 is 11.7 Å². The third-order valence-corrected chi connectivity index (χ3v) is 6.05. The summed E-state index contributed by atoms with van der Waals surface area (Å²) < 4.78 is 36.0. The molecule has 0 bridgehead atoms. The first-order valence-electron chi connectivity index (χ1n) is 7.91. The summed E-state index contributed by atoms with van der Waals surface area (Å²) >= 11 is 0.995. The molecule has 25 heavy (non-hydrogen) atoms. The van der Waals surface area contributed by atoms with Gasteiger partial charge in [0, 0.05) is 19.3 Å². The number of nitrogens with one attached hydrogen (secondary N) is 1. The van der Waals surface area contributed by atoms with Gasteiger partial charge in [-0.05, 0) is 31.0 Å². The molecule has 1 aliphatic heterocycles. The molecular weight excluding hydrogens is 360 g/mol. The molecule has 1 fully saturated rings. The predicted octanol–water partition coefficient (Wildman–Crippen LogP) is 1.56. The lowest BCUT2D eigenvalue weighted by Crippen LogP contribution is -2.25. The van der Waals surface area contributed by atoms with Gasteiger partial charge < -0.3 is 4.90 Å². The normalized spacial score (nSPS) is 15.1. The van der Waals surface area contributed by atoms with Crippen molar-refractivity contribution in [3.63, 3.8) is 0 Å². The average molecular weight is 376 g/mol. The summed E-state index contributed by atoms with van der Waals surface area (Å²) in [5, 5.41) is 0. The fourth-order valence-electron chi connectivity index (χ4n) is 2.80. The number of benzene rings is 1.